The summed E-state index contributed by atoms with van der Waals surface area (Å²) in [6, 6.07) is 10.5. The summed E-state index contributed by atoms with van der Waals surface area (Å²) in [5, 5.41) is 3.52. The fourth-order valence-electron chi connectivity index (χ4n) is 2.45. The summed E-state index contributed by atoms with van der Waals surface area (Å²) in [7, 11) is 0. The topological polar surface area (TPSA) is 34.1 Å². The van der Waals surface area contributed by atoms with Gasteiger partial charge in [-0.2, -0.15) is 0 Å². The third-order valence-corrected chi connectivity index (χ3v) is 3.57. The Hall–Kier alpha value is -1.87. The normalized spacial score (nSPS) is 12.1. The van der Waals surface area contributed by atoms with E-state index in [4.69, 9.17) is 4.74 Å². The highest BCUT2D eigenvalue weighted by molar-refractivity contribution is 5.28. The van der Waals surface area contributed by atoms with Crippen LogP contribution in [0.25, 0.3) is 0 Å². The number of hydrogen-bond donors (Lipinski definition) is 1. The van der Waals surface area contributed by atoms with Crippen molar-refractivity contribution >= 4 is 0 Å². The van der Waals surface area contributed by atoms with Gasteiger partial charge in [-0.15, -0.1) is 0 Å². The molecular formula is C18H24N2O. The number of nitrogens with one attached hydrogen (secondary N) is 1. The smallest absolute Gasteiger partial charge is 0.119 e. The van der Waals surface area contributed by atoms with Crippen molar-refractivity contribution in [3.8, 4) is 5.75 Å². The standard InChI is InChI=1S/C18H24N2O/c1-4-20-18(17-13-19-10-8-15(17)3)9-11-21-16-7-5-6-14(2)12-16/h5-8,10,12-13,18,20H,4,9,11H2,1-3H3. The van der Waals surface area contributed by atoms with Gasteiger partial charge in [-0.1, -0.05) is 19.1 Å². The van der Waals surface area contributed by atoms with Crippen LogP contribution in [0.2, 0.25) is 0 Å². The highest BCUT2D eigenvalue weighted by Gasteiger charge is 2.13. The summed E-state index contributed by atoms with van der Waals surface area (Å²) in [5.41, 5.74) is 3.75. The van der Waals surface area contributed by atoms with E-state index in [0.717, 1.165) is 18.7 Å². The van der Waals surface area contributed by atoms with Crippen molar-refractivity contribution < 1.29 is 4.74 Å². The second-order valence-corrected chi connectivity index (χ2v) is 5.30. The molecule has 0 fully saturated rings. The van der Waals surface area contributed by atoms with Gasteiger partial charge >= 0.3 is 0 Å². The average Bonchev–Trinajstić information content (AvgIpc) is 2.47. The van der Waals surface area contributed by atoms with E-state index in [1.165, 1.54) is 16.7 Å². The van der Waals surface area contributed by atoms with Gasteiger partial charge in [-0.3, -0.25) is 4.98 Å². The van der Waals surface area contributed by atoms with Gasteiger partial charge in [0.25, 0.3) is 0 Å². The van der Waals surface area contributed by atoms with E-state index in [1.807, 2.05) is 24.5 Å². The molecule has 1 heterocycles. The second kappa shape index (κ2) is 7.79. The van der Waals surface area contributed by atoms with Crippen molar-refractivity contribution in [3.05, 3.63) is 59.4 Å². The van der Waals surface area contributed by atoms with Crippen LogP contribution in [-0.4, -0.2) is 18.1 Å². The molecule has 0 bridgehead atoms. The molecule has 112 valence electrons. The maximum atomic E-state index is 5.86. The van der Waals surface area contributed by atoms with Gasteiger partial charge in [0.15, 0.2) is 0 Å². The minimum absolute atomic E-state index is 0.286. The number of nitrogens with zero attached hydrogens (tertiary/aromatic N) is 1. The van der Waals surface area contributed by atoms with Crippen LogP contribution in [0.5, 0.6) is 5.75 Å². The minimum Gasteiger partial charge on any atom is -0.494 e. The molecule has 1 atom stereocenters. The Labute approximate surface area is 127 Å². The van der Waals surface area contributed by atoms with Crippen LogP contribution in [0, 0.1) is 13.8 Å². The summed E-state index contributed by atoms with van der Waals surface area (Å²) in [6.07, 6.45) is 4.72. The van der Waals surface area contributed by atoms with Gasteiger partial charge < -0.3 is 10.1 Å². The number of benzene rings is 1. The minimum atomic E-state index is 0.286. The van der Waals surface area contributed by atoms with E-state index in [1.54, 1.807) is 0 Å². The zero-order chi connectivity index (χ0) is 15.1. The molecule has 0 saturated carbocycles. The van der Waals surface area contributed by atoms with Crippen molar-refractivity contribution in [2.75, 3.05) is 13.2 Å². The van der Waals surface area contributed by atoms with E-state index in [2.05, 4.69) is 49.3 Å². The molecular weight excluding hydrogens is 260 g/mol. The first-order valence-corrected chi connectivity index (χ1v) is 7.54. The molecule has 1 unspecified atom stereocenters. The van der Waals surface area contributed by atoms with Crippen molar-refractivity contribution in [2.24, 2.45) is 0 Å². The van der Waals surface area contributed by atoms with Crippen LogP contribution in [0.15, 0.2) is 42.7 Å². The van der Waals surface area contributed by atoms with Crippen molar-refractivity contribution in [1.29, 1.82) is 0 Å². The lowest BCUT2D eigenvalue weighted by Crippen LogP contribution is -2.23. The number of aryl methyl sites for hydroxylation is 2. The molecule has 1 aromatic carbocycles. The number of rotatable bonds is 7. The van der Waals surface area contributed by atoms with Crippen molar-refractivity contribution in [3.63, 3.8) is 0 Å². The lowest BCUT2D eigenvalue weighted by atomic mass is 10.0. The van der Waals surface area contributed by atoms with Crippen LogP contribution in [-0.2, 0) is 0 Å². The molecule has 0 amide bonds. The number of ether oxygens (including phenoxy) is 1. The van der Waals surface area contributed by atoms with Gasteiger partial charge in [0.05, 0.1) is 6.61 Å². The van der Waals surface area contributed by atoms with Crippen LogP contribution in [0.1, 0.15) is 36.1 Å². The number of aromatic nitrogens is 1. The highest BCUT2D eigenvalue weighted by atomic mass is 16.5. The Morgan fingerprint density at radius 2 is 2.10 bits per heavy atom. The van der Waals surface area contributed by atoms with Crippen LogP contribution >= 0.6 is 0 Å². The molecule has 21 heavy (non-hydrogen) atoms. The molecule has 3 nitrogen and oxygen atoms in total. The Morgan fingerprint density at radius 1 is 1.24 bits per heavy atom. The van der Waals surface area contributed by atoms with Crippen LogP contribution < -0.4 is 10.1 Å². The molecule has 0 aliphatic heterocycles. The van der Waals surface area contributed by atoms with E-state index in [9.17, 15) is 0 Å². The monoisotopic (exact) mass is 284 g/mol. The van der Waals surface area contributed by atoms with Gasteiger partial charge in [0.1, 0.15) is 5.75 Å². The fourth-order valence-corrected chi connectivity index (χ4v) is 2.45. The highest BCUT2D eigenvalue weighted by Crippen LogP contribution is 2.20. The lowest BCUT2D eigenvalue weighted by Gasteiger charge is -2.20. The predicted molar refractivity (Wildman–Crippen MR) is 86.7 cm³/mol. The first-order valence-electron chi connectivity index (χ1n) is 7.54. The van der Waals surface area contributed by atoms with E-state index >= 15 is 0 Å². The molecule has 0 aliphatic carbocycles. The molecule has 1 aromatic heterocycles. The third kappa shape index (κ3) is 4.57. The largest absolute Gasteiger partial charge is 0.494 e. The maximum Gasteiger partial charge on any atom is 0.119 e. The van der Waals surface area contributed by atoms with E-state index in [-0.39, 0.29) is 6.04 Å². The number of pyridine rings is 1. The Bertz CT molecular complexity index is 569. The summed E-state index contributed by atoms with van der Waals surface area (Å²) in [4.78, 5) is 4.25. The van der Waals surface area contributed by atoms with Crippen molar-refractivity contribution in [2.45, 2.75) is 33.2 Å². The lowest BCUT2D eigenvalue weighted by molar-refractivity contribution is 0.287. The summed E-state index contributed by atoms with van der Waals surface area (Å²) < 4.78 is 5.86. The average molecular weight is 284 g/mol. The van der Waals surface area contributed by atoms with Crippen LogP contribution in [0.4, 0.5) is 0 Å². The van der Waals surface area contributed by atoms with Gasteiger partial charge in [-0.25, -0.2) is 0 Å². The van der Waals surface area contributed by atoms with Gasteiger partial charge in [0.2, 0.25) is 0 Å². The quantitative estimate of drug-likeness (QED) is 0.839. The zero-order valence-electron chi connectivity index (χ0n) is 13.1. The first-order chi connectivity index (χ1) is 10.2. The fraction of sp³-hybridized carbons (Fsp3) is 0.389. The molecule has 2 rings (SSSR count). The predicted octanol–water partition coefficient (Wildman–Crippen LogP) is 3.82. The van der Waals surface area contributed by atoms with Crippen LogP contribution in [0.3, 0.4) is 0 Å². The summed E-state index contributed by atoms with van der Waals surface area (Å²) >= 11 is 0. The summed E-state index contributed by atoms with van der Waals surface area (Å²) in [6.45, 7) is 7.95. The van der Waals surface area contributed by atoms with Gasteiger partial charge in [-0.05, 0) is 55.3 Å². The van der Waals surface area contributed by atoms with Crippen molar-refractivity contribution in [1.82, 2.24) is 10.3 Å². The summed E-state index contributed by atoms with van der Waals surface area (Å²) in [5.74, 6) is 0.938. The molecule has 0 saturated heterocycles. The SMILES string of the molecule is CCNC(CCOc1cccc(C)c1)c1cnccc1C. The Morgan fingerprint density at radius 3 is 2.81 bits per heavy atom. The molecule has 3 heteroatoms. The maximum absolute atomic E-state index is 5.86. The Kier molecular flexibility index (Phi) is 5.76. The molecule has 0 radical (unpaired) electrons. The second-order valence-electron chi connectivity index (χ2n) is 5.30. The third-order valence-electron chi connectivity index (χ3n) is 3.57. The van der Waals surface area contributed by atoms with E-state index in [0.29, 0.717) is 6.61 Å². The van der Waals surface area contributed by atoms with Gasteiger partial charge in [0, 0.05) is 24.9 Å². The van der Waals surface area contributed by atoms with E-state index < -0.39 is 0 Å². The Balaban J connectivity index is 1.96. The number of hydrogen-bond acceptors (Lipinski definition) is 3. The molecule has 0 spiro atoms. The first kappa shape index (κ1) is 15.5. The molecule has 0 aliphatic rings. The molecule has 1 N–H and O–H groups in total. The zero-order valence-corrected chi connectivity index (χ0v) is 13.1. The molecule has 2 aromatic rings.